The first-order chi connectivity index (χ1) is 7.81. The third-order valence-electron chi connectivity index (χ3n) is 2.96. The molecule has 0 spiro atoms. The SMILES string of the molecule is C=C[C@@H](c1cccc(Cl)c1)N1CCNCC1. The summed E-state index contributed by atoms with van der Waals surface area (Å²) in [6.07, 6.45) is 2.00. The van der Waals surface area contributed by atoms with Gasteiger partial charge in [-0.15, -0.1) is 6.58 Å². The maximum Gasteiger partial charge on any atom is 0.0530 e. The highest BCUT2D eigenvalue weighted by Crippen LogP contribution is 2.24. The number of hydrogen-bond donors (Lipinski definition) is 1. The normalized spacial score (nSPS) is 19.3. The van der Waals surface area contributed by atoms with Crippen LogP contribution in [0.1, 0.15) is 11.6 Å². The minimum atomic E-state index is 0.279. The van der Waals surface area contributed by atoms with Gasteiger partial charge in [-0.3, -0.25) is 4.90 Å². The van der Waals surface area contributed by atoms with Crippen LogP contribution in [0.4, 0.5) is 0 Å². The summed E-state index contributed by atoms with van der Waals surface area (Å²) in [5, 5.41) is 4.15. The molecule has 1 aromatic rings. The van der Waals surface area contributed by atoms with E-state index < -0.39 is 0 Å². The summed E-state index contributed by atoms with van der Waals surface area (Å²) in [5.41, 5.74) is 1.23. The zero-order valence-electron chi connectivity index (χ0n) is 9.32. The predicted molar refractivity (Wildman–Crippen MR) is 68.8 cm³/mol. The van der Waals surface area contributed by atoms with Crippen molar-refractivity contribution in [2.45, 2.75) is 6.04 Å². The van der Waals surface area contributed by atoms with Crippen LogP contribution in [-0.4, -0.2) is 31.1 Å². The van der Waals surface area contributed by atoms with Crippen LogP contribution in [0.2, 0.25) is 5.02 Å². The third-order valence-corrected chi connectivity index (χ3v) is 3.19. The molecule has 16 heavy (non-hydrogen) atoms. The van der Waals surface area contributed by atoms with E-state index in [4.69, 9.17) is 11.6 Å². The first-order valence-electron chi connectivity index (χ1n) is 5.64. The lowest BCUT2D eigenvalue weighted by molar-refractivity contribution is 0.203. The highest BCUT2D eigenvalue weighted by Gasteiger charge is 2.19. The summed E-state index contributed by atoms with van der Waals surface area (Å²) < 4.78 is 0. The van der Waals surface area contributed by atoms with Crippen LogP contribution >= 0.6 is 11.6 Å². The molecule has 1 saturated heterocycles. The van der Waals surface area contributed by atoms with E-state index in [-0.39, 0.29) is 6.04 Å². The van der Waals surface area contributed by atoms with Crippen LogP contribution in [0.25, 0.3) is 0 Å². The minimum absolute atomic E-state index is 0.279. The molecule has 2 nitrogen and oxygen atoms in total. The van der Waals surface area contributed by atoms with Crippen LogP contribution in [0.3, 0.4) is 0 Å². The van der Waals surface area contributed by atoms with Gasteiger partial charge in [-0.1, -0.05) is 29.8 Å². The molecule has 1 aromatic carbocycles. The van der Waals surface area contributed by atoms with E-state index in [1.165, 1.54) is 5.56 Å². The van der Waals surface area contributed by atoms with E-state index in [1.807, 2.05) is 24.3 Å². The number of rotatable bonds is 3. The van der Waals surface area contributed by atoms with E-state index in [0.717, 1.165) is 31.2 Å². The molecule has 3 heteroatoms. The molecule has 1 aliphatic rings. The van der Waals surface area contributed by atoms with Gasteiger partial charge in [0, 0.05) is 31.2 Å². The van der Waals surface area contributed by atoms with Crippen molar-refractivity contribution in [1.82, 2.24) is 10.2 Å². The van der Waals surface area contributed by atoms with Crippen LogP contribution in [0, 0.1) is 0 Å². The highest BCUT2D eigenvalue weighted by molar-refractivity contribution is 6.30. The van der Waals surface area contributed by atoms with E-state index in [9.17, 15) is 0 Å². The molecule has 2 rings (SSSR count). The molecule has 1 aliphatic heterocycles. The van der Waals surface area contributed by atoms with Gasteiger partial charge in [-0.05, 0) is 17.7 Å². The molecular weight excluding hydrogens is 220 g/mol. The quantitative estimate of drug-likeness (QED) is 0.812. The molecule has 1 heterocycles. The van der Waals surface area contributed by atoms with Crippen LogP contribution in [-0.2, 0) is 0 Å². The Bertz CT molecular complexity index is 359. The van der Waals surface area contributed by atoms with Crippen molar-refractivity contribution in [2.75, 3.05) is 26.2 Å². The second kappa shape index (κ2) is 5.48. The van der Waals surface area contributed by atoms with Crippen molar-refractivity contribution in [3.8, 4) is 0 Å². The number of nitrogens with zero attached hydrogens (tertiary/aromatic N) is 1. The smallest absolute Gasteiger partial charge is 0.0530 e. The second-order valence-electron chi connectivity index (χ2n) is 4.02. The molecular formula is C13H17ClN2. The molecule has 0 unspecified atom stereocenters. The fraction of sp³-hybridized carbons (Fsp3) is 0.385. The van der Waals surface area contributed by atoms with Gasteiger partial charge in [0.25, 0.3) is 0 Å². The fourth-order valence-corrected chi connectivity index (χ4v) is 2.35. The Morgan fingerprint density at radius 1 is 1.38 bits per heavy atom. The van der Waals surface area contributed by atoms with Gasteiger partial charge >= 0.3 is 0 Å². The zero-order valence-corrected chi connectivity index (χ0v) is 10.1. The van der Waals surface area contributed by atoms with Gasteiger partial charge in [0.15, 0.2) is 0 Å². The van der Waals surface area contributed by atoms with Crippen molar-refractivity contribution in [3.63, 3.8) is 0 Å². The Morgan fingerprint density at radius 3 is 2.75 bits per heavy atom. The first kappa shape index (κ1) is 11.6. The maximum absolute atomic E-state index is 6.02. The number of halogens is 1. The Balaban J connectivity index is 2.17. The Labute approximate surface area is 102 Å². The predicted octanol–water partition coefficient (Wildman–Crippen LogP) is 2.47. The molecule has 0 bridgehead atoms. The molecule has 1 atom stereocenters. The molecule has 86 valence electrons. The topological polar surface area (TPSA) is 15.3 Å². The number of benzene rings is 1. The standard InChI is InChI=1S/C13H17ClN2/c1-2-13(16-8-6-15-7-9-16)11-4-3-5-12(14)10-11/h2-5,10,13,15H,1,6-9H2/t13-/m0/s1. The summed E-state index contributed by atoms with van der Waals surface area (Å²) in [5.74, 6) is 0. The molecule has 0 amide bonds. The average Bonchev–Trinajstić information content (AvgIpc) is 2.31. The largest absolute Gasteiger partial charge is 0.314 e. The van der Waals surface area contributed by atoms with Gasteiger partial charge in [-0.2, -0.15) is 0 Å². The van der Waals surface area contributed by atoms with Gasteiger partial charge in [0.05, 0.1) is 6.04 Å². The Morgan fingerprint density at radius 2 is 2.12 bits per heavy atom. The number of nitrogens with one attached hydrogen (secondary N) is 1. The van der Waals surface area contributed by atoms with Crippen molar-refractivity contribution < 1.29 is 0 Å². The Kier molecular flexibility index (Phi) is 3.99. The van der Waals surface area contributed by atoms with Crippen LogP contribution in [0.15, 0.2) is 36.9 Å². The zero-order chi connectivity index (χ0) is 11.4. The summed E-state index contributed by atoms with van der Waals surface area (Å²) in [4.78, 5) is 2.43. The van der Waals surface area contributed by atoms with Gasteiger partial charge in [-0.25, -0.2) is 0 Å². The molecule has 1 fully saturated rings. The molecule has 1 N–H and O–H groups in total. The number of hydrogen-bond acceptors (Lipinski definition) is 2. The van der Waals surface area contributed by atoms with Crippen molar-refractivity contribution in [2.24, 2.45) is 0 Å². The molecule has 0 radical (unpaired) electrons. The van der Waals surface area contributed by atoms with Crippen molar-refractivity contribution >= 4 is 11.6 Å². The fourth-order valence-electron chi connectivity index (χ4n) is 2.15. The van der Waals surface area contributed by atoms with E-state index in [0.29, 0.717) is 0 Å². The highest BCUT2D eigenvalue weighted by atomic mass is 35.5. The van der Waals surface area contributed by atoms with Crippen molar-refractivity contribution in [3.05, 3.63) is 47.5 Å². The summed E-state index contributed by atoms with van der Waals surface area (Å²) in [7, 11) is 0. The molecule has 0 aliphatic carbocycles. The minimum Gasteiger partial charge on any atom is -0.314 e. The van der Waals surface area contributed by atoms with Crippen LogP contribution < -0.4 is 5.32 Å². The van der Waals surface area contributed by atoms with Crippen LogP contribution in [0.5, 0.6) is 0 Å². The molecule has 0 saturated carbocycles. The first-order valence-corrected chi connectivity index (χ1v) is 6.02. The number of piperazine rings is 1. The van der Waals surface area contributed by atoms with E-state index in [2.05, 4.69) is 22.9 Å². The van der Waals surface area contributed by atoms with Gasteiger partial charge < -0.3 is 5.32 Å². The van der Waals surface area contributed by atoms with Gasteiger partial charge in [0.2, 0.25) is 0 Å². The lowest BCUT2D eigenvalue weighted by atomic mass is 10.0. The second-order valence-corrected chi connectivity index (χ2v) is 4.46. The maximum atomic E-state index is 6.02. The van der Waals surface area contributed by atoms with Gasteiger partial charge in [0.1, 0.15) is 0 Å². The monoisotopic (exact) mass is 236 g/mol. The molecule has 0 aromatic heterocycles. The lowest BCUT2D eigenvalue weighted by Gasteiger charge is -2.33. The van der Waals surface area contributed by atoms with E-state index in [1.54, 1.807) is 0 Å². The summed E-state index contributed by atoms with van der Waals surface area (Å²) in [6, 6.07) is 8.32. The Hall–Kier alpha value is -0.830. The third kappa shape index (κ3) is 2.64. The average molecular weight is 237 g/mol. The summed E-state index contributed by atoms with van der Waals surface area (Å²) >= 11 is 6.02. The van der Waals surface area contributed by atoms with E-state index >= 15 is 0 Å². The summed E-state index contributed by atoms with van der Waals surface area (Å²) in [6.45, 7) is 8.15. The lowest BCUT2D eigenvalue weighted by Crippen LogP contribution is -2.44. The van der Waals surface area contributed by atoms with Crippen molar-refractivity contribution in [1.29, 1.82) is 0 Å².